The fourth-order valence-electron chi connectivity index (χ4n) is 4.71. The van der Waals surface area contributed by atoms with Gasteiger partial charge in [-0.2, -0.15) is 0 Å². The van der Waals surface area contributed by atoms with Crippen molar-refractivity contribution in [2.75, 3.05) is 32.8 Å². The maximum atomic E-state index is 12.1. The molecule has 0 aromatic rings. The molecule has 39 heavy (non-hydrogen) atoms. The molecule has 0 aliphatic carbocycles. The van der Waals surface area contributed by atoms with Gasteiger partial charge in [0.2, 0.25) is 0 Å². The number of rotatable bonds is 27. The SMILES string of the molecule is CCCCCCCCCCCOC(=O)CCCCCN(CCCCCCCC)CCCNC(=O)OC(C)(C)C. The third-order valence-electron chi connectivity index (χ3n) is 7.01. The van der Waals surface area contributed by atoms with E-state index in [0.29, 0.717) is 19.6 Å². The van der Waals surface area contributed by atoms with Crippen LogP contribution < -0.4 is 5.32 Å². The van der Waals surface area contributed by atoms with Gasteiger partial charge in [-0.25, -0.2) is 4.79 Å². The molecule has 232 valence electrons. The van der Waals surface area contributed by atoms with Crippen molar-refractivity contribution >= 4 is 12.1 Å². The molecule has 0 radical (unpaired) electrons. The Morgan fingerprint density at radius 3 is 1.62 bits per heavy atom. The Labute approximate surface area is 242 Å². The highest BCUT2D eigenvalue weighted by molar-refractivity contribution is 5.69. The number of carbonyl (C=O) groups is 2. The zero-order valence-corrected chi connectivity index (χ0v) is 26.8. The molecule has 0 unspecified atom stereocenters. The maximum Gasteiger partial charge on any atom is 0.407 e. The van der Waals surface area contributed by atoms with Crippen LogP contribution in [-0.4, -0.2) is 55.3 Å². The van der Waals surface area contributed by atoms with Gasteiger partial charge in [0.05, 0.1) is 6.61 Å². The second-order valence-electron chi connectivity index (χ2n) is 12.3. The molecule has 0 saturated heterocycles. The van der Waals surface area contributed by atoms with Crippen molar-refractivity contribution in [1.29, 1.82) is 0 Å². The third-order valence-corrected chi connectivity index (χ3v) is 7.01. The Bertz CT molecular complexity index is 562. The van der Waals surface area contributed by atoms with Crippen LogP contribution in [0.15, 0.2) is 0 Å². The Morgan fingerprint density at radius 1 is 0.615 bits per heavy atom. The monoisotopic (exact) mass is 555 g/mol. The average Bonchev–Trinajstić information content (AvgIpc) is 2.88. The fraction of sp³-hybridized carbons (Fsp3) is 0.939. The quantitative estimate of drug-likeness (QED) is 0.0809. The number of alkyl carbamates (subject to hydrolysis) is 1. The highest BCUT2D eigenvalue weighted by Crippen LogP contribution is 2.11. The van der Waals surface area contributed by atoms with Gasteiger partial charge in [-0.05, 0) is 72.5 Å². The molecule has 6 heteroatoms. The van der Waals surface area contributed by atoms with E-state index in [1.54, 1.807) is 0 Å². The number of hydrogen-bond donors (Lipinski definition) is 1. The van der Waals surface area contributed by atoms with Crippen molar-refractivity contribution in [3.63, 3.8) is 0 Å². The molecule has 0 rings (SSSR count). The smallest absolute Gasteiger partial charge is 0.407 e. The van der Waals surface area contributed by atoms with Crippen molar-refractivity contribution in [2.45, 2.75) is 169 Å². The number of unbranched alkanes of at least 4 members (excludes halogenated alkanes) is 15. The molecule has 0 saturated carbocycles. The van der Waals surface area contributed by atoms with E-state index in [2.05, 4.69) is 24.1 Å². The van der Waals surface area contributed by atoms with Gasteiger partial charge >= 0.3 is 12.1 Å². The highest BCUT2D eigenvalue weighted by atomic mass is 16.6. The first-order chi connectivity index (χ1) is 18.8. The number of nitrogens with zero attached hydrogens (tertiary/aromatic N) is 1. The summed E-state index contributed by atoms with van der Waals surface area (Å²) in [4.78, 5) is 26.5. The van der Waals surface area contributed by atoms with Crippen LogP contribution in [0.4, 0.5) is 4.79 Å². The molecular formula is C33H66N2O4. The zero-order chi connectivity index (χ0) is 29.0. The summed E-state index contributed by atoms with van der Waals surface area (Å²) in [6, 6.07) is 0. The van der Waals surface area contributed by atoms with Crippen molar-refractivity contribution in [2.24, 2.45) is 0 Å². The summed E-state index contributed by atoms with van der Waals surface area (Å²) in [6.07, 6.45) is 23.5. The van der Waals surface area contributed by atoms with Gasteiger partial charge in [-0.15, -0.1) is 0 Å². The van der Waals surface area contributed by atoms with Gasteiger partial charge in [-0.1, -0.05) is 104 Å². The number of hydrogen-bond acceptors (Lipinski definition) is 5. The molecule has 0 spiro atoms. The second-order valence-corrected chi connectivity index (χ2v) is 12.3. The summed E-state index contributed by atoms with van der Waals surface area (Å²) in [7, 11) is 0. The summed E-state index contributed by atoms with van der Waals surface area (Å²) in [5.41, 5.74) is -0.465. The number of esters is 1. The molecule has 6 nitrogen and oxygen atoms in total. The van der Waals surface area contributed by atoms with E-state index >= 15 is 0 Å². The van der Waals surface area contributed by atoms with Crippen LogP contribution in [0.1, 0.15) is 163 Å². The van der Waals surface area contributed by atoms with Crippen LogP contribution in [0.2, 0.25) is 0 Å². The topological polar surface area (TPSA) is 67.9 Å². The first kappa shape index (κ1) is 37.7. The molecule has 0 aromatic carbocycles. The highest BCUT2D eigenvalue weighted by Gasteiger charge is 2.15. The molecule has 0 aliphatic heterocycles. The van der Waals surface area contributed by atoms with Crippen LogP contribution in [0.3, 0.4) is 0 Å². The van der Waals surface area contributed by atoms with E-state index in [-0.39, 0.29) is 12.1 Å². The van der Waals surface area contributed by atoms with Crippen LogP contribution >= 0.6 is 0 Å². The third kappa shape index (κ3) is 29.5. The lowest BCUT2D eigenvalue weighted by Crippen LogP contribution is -2.35. The first-order valence-corrected chi connectivity index (χ1v) is 16.6. The van der Waals surface area contributed by atoms with Crippen molar-refractivity contribution in [1.82, 2.24) is 10.2 Å². The van der Waals surface area contributed by atoms with Crippen molar-refractivity contribution in [3.8, 4) is 0 Å². The molecule has 0 fully saturated rings. The van der Waals surface area contributed by atoms with Crippen LogP contribution in [-0.2, 0) is 14.3 Å². The Hall–Kier alpha value is -1.30. The van der Waals surface area contributed by atoms with E-state index in [0.717, 1.165) is 51.7 Å². The fourth-order valence-corrected chi connectivity index (χ4v) is 4.71. The molecule has 0 heterocycles. The van der Waals surface area contributed by atoms with Gasteiger partial charge in [-0.3, -0.25) is 4.79 Å². The Kier molecular flexibility index (Phi) is 26.0. The number of carbonyl (C=O) groups excluding carboxylic acids is 2. The molecule has 0 aliphatic rings. The van der Waals surface area contributed by atoms with E-state index in [1.807, 2.05) is 20.8 Å². The molecular weight excluding hydrogens is 488 g/mol. The molecule has 0 atom stereocenters. The van der Waals surface area contributed by atoms with Gasteiger partial charge in [0.1, 0.15) is 5.60 Å². The second kappa shape index (κ2) is 26.9. The minimum absolute atomic E-state index is 0.0354. The molecule has 1 N–H and O–H groups in total. The lowest BCUT2D eigenvalue weighted by molar-refractivity contribution is -0.143. The normalized spacial score (nSPS) is 11.6. The number of ether oxygens (including phenoxy) is 2. The first-order valence-electron chi connectivity index (χ1n) is 16.6. The van der Waals surface area contributed by atoms with Crippen LogP contribution in [0.5, 0.6) is 0 Å². The average molecular weight is 555 g/mol. The van der Waals surface area contributed by atoms with Gasteiger partial charge in [0.25, 0.3) is 0 Å². The van der Waals surface area contributed by atoms with E-state index in [1.165, 1.54) is 89.9 Å². The number of nitrogens with one attached hydrogen (secondary N) is 1. The van der Waals surface area contributed by atoms with Crippen molar-refractivity contribution < 1.29 is 19.1 Å². The lowest BCUT2D eigenvalue weighted by atomic mass is 10.1. The molecule has 0 aromatic heterocycles. The largest absolute Gasteiger partial charge is 0.466 e. The number of amides is 1. The standard InChI is InChI=1S/C33H66N2O4/c1-6-8-10-12-14-15-16-18-23-30-38-31(36)25-20-19-22-28-35(27-21-17-13-11-9-7-2)29-24-26-34-32(37)39-33(3,4)5/h6-30H2,1-5H3,(H,34,37). The van der Waals surface area contributed by atoms with Gasteiger partial charge < -0.3 is 19.7 Å². The Balaban J connectivity index is 3.97. The molecule has 0 bridgehead atoms. The van der Waals surface area contributed by atoms with Gasteiger partial charge in [0, 0.05) is 13.0 Å². The zero-order valence-electron chi connectivity index (χ0n) is 26.8. The summed E-state index contributed by atoms with van der Waals surface area (Å²) >= 11 is 0. The Morgan fingerprint density at radius 2 is 1.08 bits per heavy atom. The summed E-state index contributed by atoms with van der Waals surface area (Å²) in [6.45, 7) is 14.5. The van der Waals surface area contributed by atoms with Crippen LogP contribution in [0, 0.1) is 0 Å². The van der Waals surface area contributed by atoms with Crippen LogP contribution in [0.25, 0.3) is 0 Å². The van der Waals surface area contributed by atoms with Crippen molar-refractivity contribution in [3.05, 3.63) is 0 Å². The van der Waals surface area contributed by atoms with E-state index < -0.39 is 5.60 Å². The maximum absolute atomic E-state index is 12.1. The summed E-state index contributed by atoms with van der Waals surface area (Å²) in [5.74, 6) is -0.0354. The molecule has 1 amide bonds. The summed E-state index contributed by atoms with van der Waals surface area (Å²) < 4.78 is 10.8. The minimum atomic E-state index is -0.465. The van der Waals surface area contributed by atoms with Gasteiger partial charge in [0.15, 0.2) is 0 Å². The van der Waals surface area contributed by atoms with E-state index in [4.69, 9.17) is 9.47 Å². The lowest BCUT2D eigenvalue weighted by Gasteiger charge is -2.23. The minimum Gasteiger partial charge on any atom is -0.466 e. The van der Waals surface area contributed by atoms with E-state index in [9.17, 15) is 9.59 Å². The predicted octanol–water partition coefficient (Wildman–Crippen LogP) is 9.20. The predicted molar refractivity (Wildman–Crippen MR) is 165 cm³/mol. The summed E-state index contributed by atoms with van der Waals surface area (Å²) in [5, 5.41) is 2.87.